The summed E-state index contributed by atoms with van der Waals surface area (Å²) in [6.45, 7) is 8.71. The molecular weight excluding hydrogens is 232 g/mol. The van der Waals surface area contributed by atoms with Crippen LogP contribution in [0.4, 0.5) is 4.79 Å². The van der Waals surface area contributed by atoms with Crippen LogP contribution in [-0.2, 0) is 9.47 Å². The second-order valence-corrected chi connectivity index (χ2v) is 5.89. The zero-order chi connectivity index (χ0) is 13.7. The van der Waals surface area contributed by atoms with Crippen molar-refractivity contribution in [1.29, 1.82) is 0 Å². The fourth-order valence-corrected chi connectivity index (χ4v) is 2.80. The molecule has 1 aliphatic carbocycles. The summed E-state index contributed by atoms with van der Waals surface area (Å²) in [5, 5.41) is 8.47. The van der Waals surface area contributed by atoms with Crippen LogP contribution in [0, 0.1) is 17.8 Å². The van der Waals surface area contributed by atoms with Gasteiger partial charge in [0.15, 0.2) is 0 Å². The zero-order valence-corrected chi connectivity index (χ0v) is 11.9. The van der Waals surface area contributed by atoms with Crippen molar-refractivity contribution in [3.63, 3.8) is 0 Å². The Morgan fingerprint density at radius 3 is 2.56 bits per heavy atom. The molecule has 0 spiro atoms. The monoisotopic (exact) mass is 258 g/mol. The fourth-order valence-electron chi connectivity index (χ4n) is 2.80. The van der Waals surface area contributed by atoms with Crippen LogP contribution in [0.15, 0.2) is 0 Å². The highest BCUT2D eigenvalue weighted by atomic mass is 16.7. The number of rotatable bonds is 5. The van der Waals surface area contributed by atoms with Crippen LogP contribution in [0.3, 0.4) is 0 Å². The Bertz CT molecular complexity index is 265. The number of carbonyl (C=O) groups is 1. The Balaban J connectivity index is 2.47. The largest absolute Gasteiger partial charge is 0.505 e. The normalized spacial score (nSPS) is 30.2. The Morgan fingerprint density at radius 1 is 1.33 bits per heavy atom. The number of carboxylic acid groups (broad SMARTS) is 1. The molecule has 1 aliphatic rings. The van der Waals surface area contributed by atoms with Crippen LogP contribution >= 0.6 is 0 Å². The van der Waals surface area contributed by atoms with Gasteiger partial charge >= 0.3 is 6.16 Å². The molecule has 0 aliphatic heterocycles. The van der Waals surface area contributed by atoms with Gasteiger partial charge in [-0.05, 0) is 37.5 Å². The molecule has 0 amide bonds. The molecule has 0 aromatic rings. The average molecular weight is 258 g/mol. The van der Waals surface area contributed by atoms with E-state index in [1.165, 1.54) is 12.8 Å². The quantitative estimate of drug-likeness (QED) is 0.766. The second kappa shape index (κ2) is 6.98. The first-order valence-electron chi connectivity index (χ1n) is 6.91. The molecule has 4 atom stereocenters. The highest BCUT2D eigenvalue weighted by Gasteiger charge is 2.32. The first kappa shape index (κ1) is 15.3. The number of hydrogen-bond acceptors (Lipinski definition) is 3. The van der Waals surface area contributed by atoms with Crippen LogP contribution < -0.4 is 0 Å². The van der Waals surface area contributed by atoms with Gasteiger partial charge < -0.3 is 14.6 Å². The summed E-state index contributed by atoms with van der Waals surface area (Å²) in [4.78, 5) is 10.3. The van der Waals surface area contributed by atoms with E-state index in [0.29, 0.717) is 17.8 Å². The van der Waals surface area contributed by atoms with E-state index in [1.807, 2.05) is 6.92 Å². The molecule has 106 valence electrons. The molecule has 1 fully saturated rings. The predicted molar refractivity (Wildman–Crippen MR) is 69.7 cm³/mol. The lowest BCUT2D eigenvalue weighted by Crippen LogP contribution is -2.37. The third-order valence-corrected chi connectivity index (χ3v) is 3.81. The minimum Gasteiger partial charge on any atom is -0.450 e. The average Bonchev–Trinajstić information content (AvgIpc) is 2.26. The van der Waals surface area contributed by atoms with Gasteiger partial charge in [-0.3, -0.25) is 0 Å². The maximum Gasteiger partial charge on any atom is 0.505 e. The van der Waals surface area contributed by atoms with Gasteiger partial charge in [-0.2, -0.15) is 0 Å². The van der Waals surface area contributed by atoms with Crippen LogP contribution in [0.1, 0.15) is 47.0 Å². The summed E-state index contributed by atoms with van der Waals surface area (Å²) < 4.78 is 10.6. The van der Waals surface area contributed by atoms with Crippen molar-refractivity contribution in [2.45, 2.75) is 59.2 Å². The first-order valence-corrected chi connectivity index (χ1v) is 6.91. The highest BCUT2D eigenvalue weighted by Crippen LogP contribution is 2.35. The lowest BCUT2D eigenvalue weighted by atomic mass is 9.75. The first-order chi connectivity index (χ1) is 8.40. The van der Waals surface area contributed by atoms with Crippen LogP contribution in [0.2, 0.25) is 0 Å². The van der Waals surface area contributed by atoms with Crippen molar-refractivity contribution in [2.75, 3.05) is 6.61 Å². The van der Waals surface area contributed by atoms with E-state index in [9.17, 15) is 4.79 Å². The lowest BCUT2D eigenvalue weighted by molar-refractivity contribution is -0.0921. The highest BCUT2D eigenvalue weighted by molar-refractivity contribution is 5.56. The van der Waals surface area contributed by atoms with Gasteiger partial charge in [0.1, 0.15) is 6.61 Å². The van der Waals surface area contributed by atoms with Gasteiger partial charge in [-0.25, -0.2) is 4.79 Å². The molecule has 0 heterocycles. The summed E-state index contributed by atoms with van der Waals surface area (Å²) in [7, 11) is 0. The molecule has 4 unspecified atom stereocenters. The van der Waals surface area contributed by atoms with Crippen molar-refractivity contribution in [1.82, 2.24) is 0 Å². The Morgan fingerprint density at radius 2 is 2.00 bits per heavy atom. The van der Waals surface area contributed by atoms with E-state index < -0.39 is 6.16 Å². The van der Waals surface area contributed by atoms with Gasteiger partial charge in [0, 0.05) is 0 Å². The third-order valence-electron chi connectivity index (χ3n) is 3.81. The molecule has 4 heteroatoms. The van der Waals surface area contributed by atoms with Gasteiger partial charge in [0.2, 0.25) is 0 Å². The van der Waals surface area contributed by atoms with E-state index in [1.54, 1.807) is 0 Å². The second-order valence-electron chi connectivity index (χ2n) is 5.89. The molecule has 0 saturated heterocycles. The molecule has 18 heavy (non-hydrogen) atoms. The zero-order valence-electron chi connectivity index (χ0n) is 11.9. The molecule has 0 radical (unpaired) electrons. The van der Waals surface area contributed by atoms with Gasteiger partial charge in [0.05, 0.1) is 12.2 Å². The minimum atomic E-state index is -1.23. The van der Waals surface area contributed by atoms with Gasteiger partial charge in [-0.15, -0.1) is 0 Å². The molecule has 1 rings (SSSR count). The predicted octanol–water partition coefficient (Wildman–Crippen LogP) is 3.55. The van der Waals surface area contributed by atoms with Crippen molar-refractivity contribution >= 4 is 6.16 Å². The topological polar surface area (TPSA) is 55.8 Å². The molecule has 4 nitrogen and oxygen atoms in total. The third kappa shape index (κ3) is 4.84. The van der Waals surface area contributed by atoms with E-state index in [2.05, 4.69) is 25.5 Å². The van der Waals surface area contributed by atoms with Gasteiger partial charge in [0.25, 0.3) is 0 Å². The fraction of sp³-hybridized carbons (Fsp3) is 0.929. The van der Waals surface area contributed by atoms with Crippen LogP contribution in [0.5, 0.6) is 0 Å². The smallest absolute Gasteiger partial charge is 0.450 e. The lowest BCUT2D eigenvalue weighted by Gasteiger charge is -2.38. The molecule has 0 bridgehead atoms. The van der Waals surface area contributed by atoms with E-state index in [4.69, 9.17) is 9.84 Å². The maximum atomic E-state index is 10.3. The number of hydrogen-bond donors (Lipinski definition) is 1. The van der Waals surface area contributed by atoms with E-state index >= 15 is 0 Å². The summed E-state index contributed by atoms with van der Waals surface area (Å²) in [5.41, 5.74) is 0. The van der Waals surface area contributed by atoms with Gasteiger partial charge in [-0.1, -0.05) is 27.2 Å². The molecule has 1 N–H and O–H groups in total. The summed E-state index contributed by atoms with van der Waals surface area (Å²) in [6, 6.07) is 0. The summed E-state index contributed by atoms with van der Waals surface area (Å²) in [5.74, 6) is 1.88. The molecule has 1 saturated carbocycles. The maximum absolute atomic E-state index is 10.3. The molecule has 0 aromatic heterocycles. The van der Waals surface area contributed by atoms with Crippen molar-refractivity contribution in [3.05, 3.63) is 0 Å². The molecule has 0 aromatic carbocycles. The van der Waals surface area contributed by atoms with E-state index in [0.717, 1.165) is 6.42 Å². The van der Waals surface area contributed by atoms with E-state index in [-0.39, 0.29) is 18.8 Å². The van der Waals surface area contributed by atoms with Crippen LogP contribution in [-0.4, -0.2) is 30.1 Å². The SMILES string of the molecule is CC1CCC(C(C)C)C(OC(C)COC(=O)O)C1. The standard InChI is InChI=1S/C14H26O4/c1-9(2)12-6-5-10(3)7-13(12)18-11(4)8-17-14(15)16/h9-13H,5-8H2,1-4H3,(H,15,16). The number of ether oxygens (including phenoxy) is 2. The van der Waals surface area contributed by atoms with Crippen molar-refractivity contribution in [3.8, 4) is 0 Å². The van der Waals surface area contributed by atoms with Crippen molar-refractivity contribution in [2.24, 2.45) is 17.8 Å². The Hall–Kier alpha value is -0.770. The van der Waals surface area contributed by atoms with Crippen molar-refractivity contribution < 1.29 is 19.4 Å². The minimum absolute atomic E-state index is 0.116. The Kier molecular flexibility index (Phi) is 5.93. The summed E-state index contributed by atoms with van der Waals surface area (Å²) in [6.07, 6.45) is 2.38. The van der Waals surface area contributed by atoms with Crippen LogP contribution in [0.25, 0.3) is 0 Å². The molecular formula is C14H26O4. The Labute approximate surface area is 110 Å². The summed E-state index contributed by atoms with van der Waals surface area (Å²) >= 11 is 0.